The van der Waals surface area contributed by atoms with E-state index in [1.165, 1.54) is 17.8 Å². The summed E-state index contributed by atoms with van der Waals surface area (Å²) in [6, 6.07) is 14.4. The maximum atomic E-state index is 13.7. The molecule has 1 aliphatic rings. The number of rotatable bonds is 8. The number of anilines is 1. The summed E-state index contributed by atoms with van der Waals surface area (Å²) in [6.07, 6.45) is 8.75. The second kappa shape index (κ2) is 11.3. The number of hydrogen-bond acceptors (Lipinski definition) is 5. The summed E-state index contributed by atoms with van der Waals surface area (Å²) < 4.78 is 5.40. The number of nitrogens with one attached hydrogen (secondary N) is 1. The molecule has 2 amide bonds. The predicted octanol–water partition coefficient (Wildman–Crippen LogP) is 6.05. The van der Waals surface area contributed by atoms with Crippen LogP contribution in [0.2, 0.25) is 0 Å². The standard InChI is InChI=1S/C26H28N2O3S2/c1-31-21-11-5-10-20(18-21)28(24(29)15-14-22-12-6-16-32-22)25(23-13-7-17-33-23)26(30)27-19-8-3-2-4-9-19/h5-7,10-19,25H,2-4,8-9H2,1H3,(H,27,30). The Kier molecular flexibility index (Phi) is 7.96. The van der Waals surface area contributed by atoms with E-state index in [9.17, 15) is 9.59 Å². The SMILES string of the molecule is COc1cccc(N(C(=O)C=Cc2cccs2)C(C(=O)NC2CCCCC2)c2cccs2)c1. The topological polar surface area (TPSA) is 58.6 Å². The lowest BCUT2D eigenvalue weighted by Gasteiger charge is -2.32. The molecular formula is C26H28N2O3S2. The molecule has 1 N–H and O–H groups in total. The Balaban J connectivity index is 1.71. The molecule has 1 aromatic carbocycles. The minimum Gasteiger partial charge on any atom is -0.497 e. The summed E-state index contributed by atoms with van der Waals surface area (Å²) in [5.74, 6) is 0.226. The van der Waals surface area contributed by atoms with Crippen LogP contribution in [0.5, 0.6) is 5.75 Å². The van der Waals surface area contributed by atoms with E-state index in [4.69, 9.17) is 4.74 Å². The van der Waals surface area contributed by atoms with Gasteiger partial charge in [-0.25, -0.2) is 0 Å². The van der Waals surface area contributed by atoms with Crippen molar-refractivity contribution >= 4 is 46.3 Å². The van der Waals surface area contributed by atoms with Crippen LogP contribution in [0.1, 0.15) is 47.9 Å². The number of nitrogens with zero attached hydrogens (tertiary/aromatic N) is 1. The molecule has 2 aromatic heterocycles. The van der Waals surface area contributed by atoms with Gasteiger partial charge in [-0.2, -0.15) is 0 Å². The monoisotopic (exact) mass is 480 g/mol. The van der Waals surface area contributed by atoms with Crippen LogP contribution in [0.3, 0.4) is 0 Å². The van der Waals surface area contributed by atoms with Gasteiger partial charge in [0, 0.05) is 33.6 Å². The molecule has 0 spiro atoms. The van der Waals surface area contributed by atoms with E-state index in [1.54, 1.807) is 41.6 Å². The fraction of sp³-hybridized carbons (Fsp3) is 0.308. The third-order valence-corrected chi connectivity index (χ3v) is 7.54. The highest BCUT2D eigenvalue weighted by molar-refractivity contribution is 7.11. The van der Waals surface area contributed by atoms with Crippen LogP contribution < -0.4 is 15.0 Å². The lowest BCUT2D eigenvalue weighted by atomic mass is 9.95. The number of ether oxygens (including phenoxy) is 1. The van der Waals surface area contributed by atoms with E-state index in [2.05, 4.69) is 5.32 Å². The molecule has 1 atom stereocenters. The van der Waals surface area contributed by atoms with Crippen molar-refractivity contribution in [3.63, 3.8) is 0 Å². The summed E-state index contributed by atoms with van der Waals surface area (Å²) in [6.45, 7) is 0. The molecule has 4 rings (SSSR count). The van der Waals surface area contributed by atoms with Crippen molar-refractivity contribution in [1.82, 2.24) is 5.32 Å². The van der Waals surface area contributed by atoms with Crippen LogP contribution in [0.15, 0.2) is 65.4 Å². The highest BCUT2D eigenvalue weighted by Crippen LogP contribution is 2.33. The van der Waals surface area contributed by atoms with Crippen molar-refractivity contribution in [2.75, 3.05) is 12.0 Å². The van der Waals surface area contributed by atoms with E-state index in [1.807, 2.05) is 53.2 Å². The van der Waals surface area contributed by atoms with Gasteiger partial charge in [0.25, 0.3) is 5.91 Å². The lowest BCUT2D eigenvalue weighted by Crippen LogP contribution is -2.46. The fourth-order valence-corrected chi connectivity index (χ4v) is 5.56. The molecule has 0 radical (unpaired) electrons. The molecule has 1 saturated carbocycles. The molecule has 0 aliphatic heterocycles. The molecule has 7 heteroatoms. The largest absolute Gasteiger partial charge is 0.497 e. The molecule has 2 heterocycles. The molecule has 3 aromatic rings. The van der Waals surface area contributed by atoms with Crippen LogP contribution in [-0.4, -0.2) is 25.0 Å². The molecule has 1 aliphatic carbocycles. The second-order valence-corrected chi connectivity index (χ2v) is 9.98. The van der Waals surface area contributed by atoms with Gasteiger partial charge in [-0.1, -0.05) is 37.5 Å². The second-order valence-electron chi connectivity index (χ2n) is 8.02. The van der Waals surface area contributed by atoms with Crippen molar-refractivity contribution in [1.29, 1.82) is 0 Å². The summed E-state index contributed by atoms with van der Waals surface area (Å²) in [5, 5.41) is 7.14. The molecule has 1 unspecified atom stereocenters. The number of hydrogen-bond donors (Lipinski definition) is 1. The fourth-order valence-electron chi connectivity index (χ4n) is 4.13. The van der Waals surface area contributed by atoms with E-state index in [-0.39, 0.29) is 17.9 Å². The van der Waals surface area contributed by atoms with Crippen molar-refractivity contribution < 1.29 is 14.3 Å². The molecule has 172 valence electrons. The Morgan fingerprint density at radius 1 is 1.06 bits per heavy atom. The summed E-state index contributed by atoms with van der Waals surface area (Å²) >= 11 is 3.04. The minimum absolute atomic E-state index is 0.148. The van der Waals surface area contributed by atoms with Crippen LogP contribution >= 0.6 is 22.7 Å². The first-order valence-corrected chi connectivity index (χ1v) is 12.9. The number of carbonyl (C=O) groups is 2. The van der Waals surface area contributed by atoms with Crippen LogP contribution in [-0.2, 0) is 9.59 Å². The van der Waals surface area contributed by atoms with Gasteiger partial charge in [0.15, 0.2) is 6.04 Å². The van der Waals surface area contributed by atoms with Crippen molar-refractivity contribution in [2.24, 2.45) is 0 Å². The minimum atomic E-state index is -0.764. The van der Waals surface area contributed by atoms with Gasteiger partial charge >= 0.3 is 0 Å². The Hall–Kier alpha value is -2.90. The van der Waals surface area contributed by atoms with Crippen molar-refractivity contribution in [2.45, 2.75) is 44.2 Å². The van der Waals surface area contributed by atoms with E-state index >= 15 is 0 Å². The number of amides is 2. The quantitative estimate of drug-likeness (QED) is 0.399. The molecule has 33 heavy (non-hydrogen) atoms. The normalized spacial score (nSPS) is 15.3. The van der Waals surface area contributed by atoms with Gasteiger partial charge in [-0.05, 0) is 53.9 Å². The van der Waals surface area contributed by atoms with Gasteiger partial charge in [0.1, 0.15) is 5.75 Å². The average molecular weight is 481 g/mol. The van der Waals surface area contributed by atoms with E-state index < -0.39 is 6.04 Å². The maximum absolute atomic E-state index is 13.7. The van der Waals surface area contributed by atoms with Crippen molar-refractivity contribution in [3.8, 4) is 5.75 Å². The summed E-state index contributed by atoms with van der Waals surface area (Å²) in [5.41, 5.74) is 0.618. The highest BCUT2D eigenvalue weighted by Gasteiger charge is 2.34. The number of methoxy groups -OCH3 is 1. The number of thiophene rings is 2. The predicted molar refractivity (Wildman–Crippen MR) is 136 cm³/mol. The summed E-state index contributed by atoms with van der Waals surface area (Å²) in [7, 11) is 1.59. The highest BCUT2D eigenvalue weighted by atomic mass is 32.1. The number of carbonyl (C=O) groups excluding carboxylic acids is 2. The zero-order valence-electron chi connectivity index (χ0n) is 18.6. The van der Waals surface area contributed by atoms with Gasteiger partial charge in [0.2, 0.25) is 5.91 Å². The molecule has 0 bridgehead atoms. The Labute approximate surface area is 202 Å². The molecule has 5 nitrogen and oxygen atoms in total. The Morgan fingerprint density at radius 2 is 1.85 bits per heavy atom. The first-order valence-electron chi connectivity index (χ1n) is 11.2. The first kappa shape index (κ1) is 23.3. The molecular weight excluding hydrogens is 452 g/mol. The average Bonchev–Trinajstić information content (AvgIpc) is 3.56. The zero-order valence-corrected chi connectivity index (χ0v) is 20.2. The van der Waals surface area contributed by atoms with E-state index in [0.717, 1.165) is 35.4 Å². The van der Waals surface area contributed by atoms with Crippen LogP contribution in [0.25, 0.3) is 6.08 Å². The third-order valence-electron chi connectivity index (χ3n) is 5.77. The van der Waals surface area contributed by atoms with E-state index in [0.29, 0.717) is 11.4 Å². The van der Waals surface area contributed by atoms with Gasteiger partial charge < -0.3 is 10.1 Å². The van der Waals surface area contributed by atoms with Crippen molar-refractivity contribution in [3.05, 3.63) is 75.1 Å². The molecule has 1 fully saturated rings. The smallest absolute Gasteiger partial charge is 0.252 e. The van der Waals surface area contributed by atoms with Gasteiger partial charge in [-0.3, -0.25) is 14.5 Å². The van der Waals surface area contributed by atoms with Gasteiger partial charge in [-0.15, -0.1) is 22.7 Å². The molecule has 0 saturated heterocycles. The zero-order chi connectivity index (χ0) is 23.0. The third kappa shape index (κ3) is 5.92. The Bertz CT molecular complexity index is 1070. The Morgan fingerprint density at radius 3 is 2.55 bits per heavy atom. The first-order chi connectivity index (χ1) is 16.2. The summed E-state index contributed by atoms with van der Waals surface area (Å²) in [4.78, 5) is 30.6. The van der Waals surface area contributed by atoms with Crippen LogP contribution in [0, 0.1) is 0 Å². The van der Waals surface area contributed by atoms with Gasteiger partial charge in [0.05, 0.1) is 7.11 Å². The number of benzene rings is 1. The van der Waals surface area contributed by atoms with Crippen LogP contribution in [0.4, 0.5) is 5.69 Å². The maximum Gasteiger partial charge on any atom is 0.252 e. The lowest BCUT2D eigenvalue weighted by molar-refractivity contribution is -0.126.